The van der Waals surface area contributed by atoms with Crippen molar-refractivity contribution in [1.82, 2.24) is 9.80 Å². The molecule has 0 aromatic heterocycles. The topological polar surface area (TPSA) is 6.48 Å². The fourth-order valence-corrected chi connectivity index (χ4v) is 4.74. The molecule has 0 saturated carbocycles. The first kappa shape index (κ1) is 17.2. The van der Waals surface area contributed by atoms with Gasteiger partial charge in [0, 0.05) is 48.4 Å². The Kier molecular flexibility index (Phi) is 5.18. The van der Waals surface area contributed by atoms with E-state index in [1.165, 1.54) is 27.2 Å². The number of rotatable bonds is 2. The lowest BCUT2D eigenvalue weighted by atomic mass is 9.94. The number of thioether (sulfide) groups is 1. The van der Waals surface area contributed by atoms with Gasteiger partial charge in [-0.1, -0.05) is 41.9 Å². The van der Waals surface area contributed by atoms with Crippen LogP contribution in [0.15, 0.2) is 53.4 Å². The molecule has 0 N–H and O–H groups in total. The van der Waals surface area contributed by atoms with Crippen molar-refractivity contribution < 1.29 is 0 Å². The summed E-state index contributed by atoms with van der Waals surface area (Å²) in [6.07, 6.45) is 2.41. The van der Waals surface area contributed by atoms with Crippen LogP contribution >= 0.6 is 23.4 Å². The number of hydrogen-bond acceptors (Lipinski definition) is 3. The highest BCUT2D eigenvalue weighted by atomic mass is 35.5. The van der Waals surface area contributed by atoms with Gasteiger partial charge in [0.05, 0.1) is 0 Å². The number of fused-ring (bicyclic) bond motifs is 2. The summed E-state index contributed by atoms with van der Waals surface area (Å²) in [7, 11) is 2.20. The summed E-state index contributed by atoms with van der Waals surface area (Å²) in [5.74, 6) is 1.01. The monoisotopic (exact) mass is 370 g/mol. The maximum atomic E-state index is 6.33. The van der Waals surface area contributed by atoms with Gasteiger partial charge in [0.25, 0.3) is 0 Å². The highest BCUT2D eigenvalue weighted by Gasteiger charge is 2.19. The maximum absolute atomic E-state index is 6.33. The second kappa shape index (κ2) is 7.55. The number of benzene rings is 2. The van der Waals surface area contributed by atoms with Gasteiger partial charge >= 0.3 is 0 Å². The van der Waals surface area contributed by atoms with Crippen LogP contribution in [0.5, 0.6) is 0 Å². The summed E-state index contributed by atoms with van der Waals surface area (Å²) in [5, 5.41) is 0.809. The van der Waals surface area contributed by atoms with Crippen molar-refractivity contribution in [2.24, 2.45) is 0 Å². The van der Waals surface area contributed by atoms with Crippen molar-refractivity contribution in [2.45, 2.75) is 10.6 Å². The second-order valence-corrected chi connectivity index (χ2v) is 8.26. The average Bonchev–Trinajstić information content (AvgIpc) is 2.78. The Labute approximate surface area is 159 Å². The molecule has 2 aromatic carbocycles. The molecular weight excluding hydrogens is 348 g/mol. The lowest BCUT2D eigenvalue weighted by Crippen LogP contribution is -2.44. The molecule has 1 fully saturated rings. The first-order valence-electron chi connectivity index (χ1n) is 8.83. The molecule has 4 heteroatoms. The Bertz CT molecular complexity index is 794. The van der Waals surface area contributed by atoms with Gasteiger partial charge in [0.15, 0.2) is 0 Å². The Balaban J connectivity index is 1.71. The van der Waals surface area contributed by atoms with E-state index in [1.807, 2.05) is 17.8 Å². The molecule has 0 unspecified atom stereocenters. The summed E-state index contributed by atoms with van der Waals surface area (Å²) >= 11 is 8.24. The van der Waals surface area contributed by atoms with Gasteiger partial charge in [-0.05, 0) is 47.5 Å². The Morgan fingerprint density at radius 3 is 2.68 bits per heavy atom. The van der Waals surface area contributed by atoms with E-state index in [9.17, 15) is 0 Å². The van der Waals surface area contributed by atoms with Crippen molar-refractivity contribution >= 4 is 28.9 Å². The molecule has 0 radical (unpaired) electrons. The predicted octanol–water partition coefficient (Wildman–Crippen LogP) is 4.62. The third-order valence-electron chi connectivity index (χ3n) is 5.07. The van der Waals surface area contributed by atoms with Crippen LogP contribution in [0.3, 0.4) is 0 Å². The van der Waals surface area contributed by atoms with E-state index >= 15 is 0 Å². The van der Waals surface area contributed by atoms with Crippen LogP contribution < -0.4 is 0 Å². The van der Waals surface area contributed by atoms with Gasteiger partial charge in [-0.3, -0.25) is 4.90 Å². The first-order chi connectivity index (χ1) is 12.2. The minimum absolute atomic E-state index is 0.809. The maximum Gasteiger partial charge on any atom is 0.0412 e. The molecule has 4 rings (SSSR count). The van der Waals surface area contributed by atoms with Crippen LogP contribution in [-0.2, 0) is 5.75 Å². The first-order valence-corrected chi connectivity index (χ1v) is 10.2. The zero-order valence-electron chi connectivity index (χ0n) is 14.5. The molecule has 2 aliphatic heterocycles. The predicted molar refractivity (Wildman–Crippen MR) is 108 cm³/mol. The van der Waals surface area contributed by atoms with E-state index in [-0.39, 0.29) is 0 Å². The van der Waals surface area contributed by atoms with Crippen LogP contribution in [-0.4, -0.2) is 49.6 Å². The molecule has 2 nitrogen and oxygen atoms in total. The molecule has 0 atom stereocenters. The van der Waals surface area contributed by atoms with Gasteiger partial charge in [-0.15, -0.1) is 11.8 Å². The third kappa shape index (κ3) is 3.80. The Morgan fingerprint density at radius 1 is 1.04 bits per heavy atom. The van der Waals surface area contributed by atoms with Crippen LogP contribution in [0.25, 0.3) is 5.57 Å². The highest BCUT2D eigenvalue weighted by Crippen LogP contribution is 2.41. The van der Waals surface area contributed by atoms with Crippen LogP contribution in [0.1, 0.15) is 16.7 Å². The van der Waals surface area contributed by atoms with E-state index in [2.05, 4.69) is 59.3 Å². The summed E-state index contributed by atoms with van der Waals surface area (Å²) in [6.45, 7) is 5.57. The van der Waals surface area contributed by atoms with Gasteiger partial charge in [0.2, 0.25) is 0 Å². The summed E-state index contributed by atoms with van der Waals surface area (Å²) in [6, 6.07) is 15.1. The molecule has 0 amide bonds. The molecule has 0 bridgehead atoms. The van der Waals surface area contributed by atoms with E-state index in [4.69, 9.17) is 11.6 Å². The van der Waals surface area contributed by atoms with E-state index in [0.29, 0.717) is 0 Å². The van der Waals surface area contributed by atoms with Crippen molar-refractivity contribution in [3.8, 4) is 0 Å². The Hall–Kier alpha value is -1.26. The van der Waals surface area contributed by atoms with Crippen molar-refractivity contribution in [3.63, 3.8) is 0 Å². The van der Waals surface area contributed by atoms with Gasteiger partial charge in [0.1, 0.15) is 0 Å². The standard InChI is InChI=1S/C21H23ClN2S/c1-23-10-12-24(13-11-23)9-8-19-18-5-3-2-4-16(18)15-25-21-7-6-17(22)14-20(19)21/h2-8,14H,9-13,15H2,1H3/b19-8+. The SMILES string of the molecule is CN1CCN(C/C=C2\c3ccccc3CSc3ccc(Cl)cc32)CC1. The lowest BCUT2D eigenvalue weighted by Gasteiger charge is -2.31. The molecule has 0 spiro atoms. The molecule has 2 heterocycles. The number of likely N-dealkylation sites (N-methyl/N-ethyl adjacent to an activating group) is 1. The number of nitrogens with zero attached hydrogens (tertiary/aromatic N) is 2. The van der Waals surface area contributed by atoms with Gasteiger partial charge in [-0.25, -0.2) is 0 Å². The Morgan fingerprint density at radius 2 is 1.84 bits per heavy atom. The highest BCUT2D eigenvalue weighted by molar-refractivity contribution is 7.98. The van der Waals surface area contributed by atoms with Crippen LogP contribution in [0.2, 0.25) is 5.02 Å². The third-order valence-corrected chi connectivity index (χ3v) is 6.43. The van der Waals surface area contributed by atoms with E-state index in [0.717, 1.165) is 43.5 Å². The molecule has 2 aliphatic rings. The zero-order valence-corrected chi connectivity index (χ0v) is 16.1. The molecule has 130 valence electrons. The fraction of sp³-hybridized carbons (Fsp3) is 0.333. The average molecular weight is 371 g/mol. The largest absolute Gasteiger partial charge is 0.304 e. The minimum Gasteiger partial charge on any atom is -0.304 e. The van der Waals surface area contributed by atoms with Crippen LogP contribution in [0.4, 0.5) is 0 Å². The smallest absolute Gasteiger partial charge is 0.0412 e. The number of piperazine rings is 1. The molecule has 2 aromatic rings. The number of halogens is 1. The summed E-state index contributed by atoms with van der Waals surface area (Å²) < 4.78 is 0. The van der Waals surface area contributed by atoms with E-state index in [1.54, 1.807) is 0 Å². The van der Waals surface area contributed by atoms with Crippen molar-refractivity contribution in [3.05, 3.63) is 70.3 Å². The van der Waals surface area contributed by atoms with Crippen molar-refractivity contribution in [1.29, 1.82) is 0 Å². The molecular formula is C21H23ClN2S. The minimum atomic E-state index is 0.809. The number of hydrogen-bond donors (Lipinski definition) is 0. The quantitative estimate of drug-likeness (QED) is 0.761. The van der Waals surface area contributed by atoms with Gasteiger partial charge in [-0.2, -0.15) is 0 Å². The lowest BCUT2D eigenvalue weighted by molar-refractivity contribution is 0.166. The fourth-order valence-electron chi connectivity index (χ4n) is 3.52. The van der Waals surface area contributed by atoms with Crippen LogP contribution in [0, 0.1) is 0 Å². The van der Waals surface area contributed by atoms with Gasteiger partial charge < -0.3 is 4.90 Å². The van der Waals surface area contributed by atoms with E-state index < -0.39 is 0 Å². The second-order valence-electron chi connectivity index (χ2n) is 6.81. The zero-order chi connectivity index (χ0) is 17.2. The summed E-state index contributed by atoms with van der Waals surface area (Å²) in [5.41, 5.74) is 5.36. The van der Waals surface area contributed by atoms with Crippen molar-refractivity contribution in [2.75, 3.05) is 39.8 Å². The summed E-state index contributed by atoms with van der Waals surface area (Å²) in [4.78, 5) is 6.26. The molecule has 25 heavy (non-hydrogen) atoms. The molecule has 1 saturated heterocycles. The normalized spacial score (nSPS) is 20.2. The molecule has 0 aliphatic carbocycles.